The van der Waals surface area contributed by atoms with Crippen molar-refractivity contribution in [3.8, 4) is 5.75 Å². The molecule has 1 aliphatic rings. The molecular weight excluding hydrogens is 286 g/mol. The van der Waals surface area contributed by atoms with Gasteiger partial charge in [-0.25, -0.2) is 4.98 Å². The molecule has 114 valence electrons. The lowest BCUT2D eigenvalue weighted by molar-refractivity contribution is 0.474. The molecular formula is C20H17NO2. The van der Waals surface area contributed by atoms with Crippen LogP contribution in [-0.4, -0.2) is 10.1 Å². The zero-order chi connectivity index (χ0) is 15.8. The minimum Gasteiger partial charge on any atom is -0.508 e. The number of aromatic nitrogens is 1. The van der Waals surface area contributed by atoms with Crippen LogP contribution in [0.25, 0.3) is 11.6 Å². The van der Waals surface area contributed by atoms with Gasteiger partial charge in [-0.3, -0.25) is 0 Å². The Morgan fingerprint density at radius 3 is 2.83 bits per heavy atom. The molecule has 3 nitrogen and oxygen atoms in total. The largest absolute Gasteiger partial charge is 0.508 e. The Kier molecular flexibility index (Phi) is 3.27. The van der Waals surface area contributed by atoms with Gasteiger partial charge in [0, 0.05) is 18.9 Å². The summed E-state index contributed by atoms with van der Waals surface area (Å²) in [5.41, 5.74) is 5.39. The second kappa shape index (κ2) is 5.43. The highest BCUT2D eigenvalue weighted by molar-refractivity contribution is 5.92. The molecule has 1 aliphatic carbocycles. The maximum Gasteiger partial charge on any atom is 0.191 e. The van der Waals surface area contributed by atoms with Crippen LogP contribution in [0.1, 0.15) is 34.0 Å². The Hall–Kier alpha value is -2.81. The third-order valence-corrected chi connectivity index (χ3v) is 4.17. The topological polar surface area (TPSA) is 46.3 Å². The van der Waals surface area contributed by atoms with Crippen LogP contribution in [0.2, 0.25) is 0 Å². The fourth-order valence-electron chi connectivity index (χ4n) is 3.15. The zero-order valence-corrected chi connectivity index (χ0v) is 12.9. The van der Waals surface area contributed by atoms with E-state index in [1.807, 2.05) is 25.1 Å². The van der Waals surface area contributed by atoms with Gasteiger partial charge in [-0.05, 0) is 41.3 Å². The van der Waals surface area contributed by atoms with E-state index in [0.717, 1.165) is 35.4 Å². The number of aryl methyl sites for hydroxylation is 3. The molecule has 0 saturated carbocycles. The van der Waals surface area contributed by atoms with Crippen molar-refractivity contribution in [2.24, 2.45) is 0 Å². The van der Waals surface area contributed by atoms with E-state index in [4.69, 9.17) is 4.42 Å². The fraction of sp³-hybridized carbons (Fsp3) is 0.150. The van der Waals surface area contributed by atoms with E-state index in [9.17, 15) is 5.11 Å². The van der Waals surface area contributed by atoms with Gasteiger partial charge < -0.3 is 9.52 Å². The number of rotatable bonds is 1. The number of aromatic hydroxyl groups is 1. The van der Waals surface area contributed by atoms with Crippen LogP contribution in [0.4, 0.5) is 0 Å². The fourth-order valence-corrected chi connectivity index (χ4v) is 3.15. The van der Waals surface area contributed by atoms with Gasteiger partial charge in [0.15, 0.2) is 5.89 Å². The average Bonchev–Trinajstić information content (AvgIpc) is 2.85. The minimum atomic E-state index is 0.262. The van der Waals surface area contributed by atoms with Crippen molar-refractivity contribution >= 4 is 11.6 Å². The number of phenolic OH excluding ortho intramolecular Hbond substituents is 1. The summed E-state index contributed by atoms with van der Waals surface area (Å²) in [7, 11) is 0. The van der Waals surface area contributed by atoms with Crippen LogP contribution in [0.15, 0.2) is 52.9 Å². The van der Waals surface area contributed by atoms with E-state index in [0.29, 0.717) is 5.89 Å². The number of nitrogens with zero attached hydrogens (tertiary/aromatic N) is 1. The highest BCUT2D eigenvalue weighted by Gasteiger charge is 2.22. The molecule has 4 rings (SSSR count). The van der Waals surface area contributed by atoms with Gasteiger partial charge in [-0.1, -0.05) is 36.4 Å². The lowest BCUT2D eigenvalue weighted by Crippen LogP contribution is -1.93. The molecule has 1 aromatic heterocycles. The van der Waals surface area contributed by atoms with Gasteiger partial charge in [0.1, 0.15) is 17.2 Å². The molecule has 0 unspecified atom stereocenters. The van der Waals surface area contributed by atoms with Crippen molar-refractivity contribution in [1.29, 1.82) is 0 Å². The van der Waals surface area contributed by atoms with Crippen molar-refractivity contribution in [3.05, 3.63) is 82.6 Å². The van der Waals surface area contributed by atoms with Crippen LogP contribution in [0, 0.1) is 6.92 Å². The highest BCUT2D eigenvalue weighted by Crippen LogP contribution is 2.35. The predicted molar refractivity (Wildman–Crippen MR) is 90.2 cm³/mol. The van der Waals surface area contributed by atoms with Crippen LogP contribution in [0.3, 0.4) is 0 Å². The number of oxazole rings is 1. The minimum absolute atomic E-state index is 0.262. The summed E-state index contributed by atoms with van der Waals surface area (Å²) >= 11 is 0. The van der Waals surface area contributed by atoms with Crippen LogP contribution >= 0.6 is 0 Å². The van der Waals surface area contributed by atoms with E-state index in [1.54, 1.807) is 12.1 Å². The molecule has 1 heterocycles. The molecule has 0 bridgehead atoms. The monoisotopic (exact) mass is 303 g/mol. The summed E-state index contributed by atoms with van der Waals surface area (Å²) in [5, 5.41) is 9.73. The van der Waals surface area contributed by atoms with E-state index >= 15 is 0 Å². The molecule has 0 saturated heterocycles. The van der Waals surface area contributed by atoms with E-state index in [-0.39, 0.29) is 5.75 Å². The summed E-state index contributed by atoms with van der Waals surface area (Å²) in [6.45, 7) is 1.88. The number of benzene rings is 2. The van der Waals surface area contributed by atoms with Crippen molar-refractivity contribution in [2.75, 3.05) is 0 Å². The van der Waals surface area contributed by atoms with Crippen molar-refractivity contribution in [3.63, 3.8) is 0 Å². The molecule has 0 amide bonds. The maximum absolute atomic E-state index is 9.73. The third-order valence-electron chi connectivity index (χ3n) is 4.17. The zero-order valence-electron chi connectivity index (χ0n) is 12.9. The molecule has 0 radical (unpaired) electrons. The summed E-state index contributed by atoms with van der Waals surface area (Å²) < 4.78 is 5.81. The van der Waals surface area contributed by atoms with Gasteiger partial charge in [0.05, 0.1) is 0 Å². The van der Waals surface area contributed by atoms with Crippen LogP contribution in [0.5, 0.6) is 5.75 Å². The number of fused-ring (bicyclic) bond motifs is 2. The van der Waals surface area contributed by atoms with Gasteiger partial charge in [-0.15, -0.1) is 0 Å². The predicted octanol–water partition coefficient (Wildman–Crippen LogP) is 4.38. The van der Waals surface area contributed by atoms with Gasteiger partial charge in [0.25, 0.3) is 0 Å². The van der Waals surface area contributed by atoms with Gasteiger partial charge in [0.2, 0.25) is 0 Å². The molecule has 3 heteroatoms. The molecule has 0 aliphatic heterocycles. The Morgan fingerprint density at radius 1 is 1.09 bits per heavy atom. The Morgan fingerprint density at radius 2 is 1.96 bits per heavy atom. The number of hydrogen-bond donors (Lipinski definition) is 1. The third kappa shape index (κ3) is 2.55. The second-order valence-electron chi connectivity index (χ2n) is 5.81. The standard InChI is InChI=1S/C20H17NO2/c1-13-21-20-18(12-14-5-4-7-16(22)11-14)17-8-3-2-6-15(17)9-10-19(20)23-13/h2-8,11-12,22H,9-10H2,1H3/b18-12+. The Bertz CT molecular complexity index is 906. The van der Waals surface area contributed by atoms with E-state index in [1.165, 1.54) is 11.1 Å². The second-order valence-corrected chi connectivity index (χ2v) is 5.81. The van der Waals surface area contributed by atoms with E-state index < -0.39 is 0 Å². The van der Waals surface area contributed by atoms with Gasteiger partial charge >= 0.3 is 0 Å². The number of hydrogen-bond acceptors (Lipinski definition) is 3. The summed E-state index contributed by atoms with van der Waals surface area (Å²) in [4.78, 5) is 4.61. The molecule has 23 heavy (non-hydrogen) atoms. The molecule has 2 aromatic carbocycles. The SMILES string of the molecule is Cc1nc2c(o1)CCc1ccccc1/C2=C\c1cccc(O)c1. The molecule has 3 aromatic rings. The lowest BCUT2D eigenvalue weighted by atomic mass is 9.96. The van der Waals surface area contributed by atoms with Gasteiger partial charge in [-0.2, -0.15) is 0 Å². The summed E-state index contributed by atoms with van der Waals surface area (Å²) in [6, 6.07) is 15.7. The molecule has 0 atom stereocenters. The first kappa shape index (κ1) is 13.8. The normalized spacial score (nSPS) is 15.1. The van der Waals surface area contributed by atoms with Crippen LogP contribution in [-0.2, 0) is 12.8 Å². The quantitative estimate of drug-likeness (QED) is 0.726. The first-order valence-corrected chi connectivity index (χ1v) is 7.76. The first-order chi connectivity index (χ1) is 11.2. The molecule has 0 fully saturated rings. The lowest BCUT2D eigenvalue weighted by Gasteiger charge is -2.09. The number of phenols is 1. The van der Waals surface area contributed by atoms with Crippen molar-refractivity contribution in [1.82, 2.24) is 4.98 Å². The van der Waals surface area contributed by atoms with E-state index in [2.05, 4.69) is 29.3 Å². The average molecular weight is 303 g/mol. The summed E-state index contributed by atoms with van der Waals surface area (Å²) in [6.07, 6.45) is 3.87. The summed E-state index contributed by atoms with van der Waals surface area (Å²) in [5.74, 6) is 1.89. The molecule has 1 N–H and O–H groups in total. The highest BCUT2D eigenvalue weighted by atomic mass is 16.4. The first-order valence-electron chi connectivity index (χ1n) is 7.76. The van der Waals surface area contributed by atoms with Crippen LogP contribution < -0.4 is 0 Å². The van der Waals surface area contributed by atoms with Crippen molar-refractivity contribution < 1.29 is 9.52 Å². The maximum atomic E-state index is 9.73. The Balaban J connectivity index is 1.96. The van der Waals surface area contributed by atoms with Crippen molar-refractivity contribution in [2.45, 2.75) is 19.8 Å². The Labute approximate surface area is 134 Å². The smallest absolute Gasteiger partial charge is 0.191 e. The molecule has 0 spiro atoms.